The average molecular weight is 531 g/mol. The molecule has 6 nitrogen and oxygen atoms in total. The lowest BCUT2D eigenvalue weighted by molar-refractivity contribution is 0.0976. The fourth-order valence-electron chi connectivity index (χ4n) is 4.99. The number of benzene rings is 3. The van der Waals surface area contributed by atoms with Gasteiger partial charge in [0, 0.05) is 35.2 Å². The van der Waals surface area contributed by atoms with Gasteiger partial charge in [0.05, 0.1) is 11.0 Å². The Labute approximate surface area is 235 Å². The quantitative estimate of drug-likeness (QED) is 0.198. The van der Waals surface area contributed by atoms with Crippen molar-refractivity contribution in [3.63, 3.8) is 0 Å². The van der Waals surface area contributed by atoms with Gasteiger partial charge in [-0.3, -0.25) is 9.59 Å². The van der Waals surface area contributed by atoms with Crippen LogP contribution in [0.2, 0.25) is 0 Å². The first kappa shape index (κ1) is 27.0. The lowest BCUT2D eigenvalue weighted by atomic mass is 10.1. The van der Waals surface area contributed by atoms with E-state index in [2.05, 4.69) is 13.8 Å². The third kappa shape index (κ3) is 5.17. The van der Waals surface area contributed by atoms with E-state index in [9.17, 15) is 9.59 Å². The number of pyridine rings is 2. The van der Waals surface area contributed by atoms with Gasteiger partial charge in [-0.25, -0.2) is 9.97 Å². The predicted molar refractivity (Wildman–Crippen MR) is 163 cm³/mol. The maximum atomic E-state index is 13.6. The number of carbonyl (C=O) groups is 2. The number of fused-ring (bicyclic) bond motifs is 3. The van der Waals surface area contributed by atoms with Gasteiger partial charge in [-0.1, -0.05) is 62.4 Å². The molecule has 5 rings (SSSR count). The average Bonchev–Trinajstić information content (AvgIpc) is 3.01. The molecular weight excluding hydrogens is 496 g/mol. The second-order valence-electron chi connectivity index (χ2n) is 9.74. The Balaban J connectivity index is 1.53. The standard InChI is InChI=1S/C34H34N4O2/c1-5-23-9-17-27(18-10-23)37(7-3)33(39)29-21-15-25-13-14-26-16-22-30(36-32(26)31(25)35-29)34(40)38(8-4)28-19-11-24(6-2)12-20-28/h9-22H,5-8H2,1-4H3. The maximum absolute atomic E-state index is 13.6. The number of amides is 2. The molecule has 0 unspecified atom stereocenters. The van der Waals surface area contributed by atoms with Gasteiger partial charge in [0.15, 0.2) is 0 Å². The third-order valence-corrected chi connectivity index (χ3v) is 7.39. The summed E-state index contributed by atoms with van der Waals surface area (Å²) >= 11 is 0. The van der Waals surface area contributed by atoms with Crippen molar-refractivity contribution in [2.24, 2.45) is 0 Å². The minimum absolute atomic E-state index is 0.175. The fourth-order valence-corrected chi connectivity index (χ4v) is 4.99. The van der Waals surface area contributed by atoms with Gasteiger partial charge < -0.3 is 9.80 Å². The van der Waals surface area contributed by atoms with Crippen LogP contribution in [-0.4, -0.2) is 34.9 Å². The van der Waals surface area contributed by atoms with Crippen LogP contribution in [0.15, 0.2) is 84.9 Å². The number of hydrogen-bond acceptors (Lipinski definition) is 4. The molecular formula is C34H34N4O2. The minimum Gasteiger partial charge on any atom is -0.307 e. The van der Waals surface area contributed by atoms with Crippen LogP contribution in [0.3, 0.4) is 0 Å². The molecule has 40 heavy (non-hydrogen) atoms. The van der Waals surface area contributed by atoms with E-state index in [0.29, 0.717) is 35.5 Å². The Morgan fingerprint density at radius 2 is 0.875 bits per heavy atom. The SMILES string of the molecule is CCc1ccc(N(CC)C(=O)c2ccc3ccc4ccc(C(=O)N(CC)c5ccc(CC)cc5)nc4c3n2)cc1. The zero-order chi connectivity index (χ0) is 28.2. The third-order valence-electron chi connectivity index (χ3n) is 7.39. The van der Waals surface area contributed by atoms with Crippen LogP contribution in [-0.2, 0) is 12.8 Å². The normalized spacial score (nSPS) is 11.1. The highest BCUT2D eigenvalue weighted by Gasteiger charge is 2.21. The van der Waals surface area contributed by atoms with Crippen LogP contribution in [0.4, 0.5) is 11.4 Å². The van der Waals surface area contributed by atoms with Crippen LogP contribution in [0, 0.1) is 0 Å². The van der Waals surface area contributed by atoms with Gasteiger partial charge in [0.1, 0.15) is 11.4 Å². The van der Waals surface area contributed by atoms with Crippen molar-refractivity contribution in [2.45, 2.75) is 40.5 Å². The predicted octanol–water partition coefficient (Wildman–Crippen LogP) is 7.24. The first-order valence-corrected chi connectivity index (χ1v) is 14.0. The highest BCUT2D eigenvalue weighted by atomic mass is 16.2. The Hall–Kier alpha value is -4.58. The Morgan fingerprint density at radius 3 is 1.20 bits per heavy atom. The fraction of sp³-hybridized carbons (Fsp3) is 0.235. The molecule has 202 valence electrons. The molecule has 2 heterocycles. The molecule has 2 amide bonds. The number of aryl methyl sites for hydroxylation is 2. The van der Waals surface area contributed by atoms with Gasteiger partial charge in [-0.15, -0.1) is 0 Å². The van der Waals surface area contributed by atoms with Crippen molar-refractivity contribution in [3.8, 4) is 0 Å². The maximum Gasteiger partial charge on any atom is 0.276 e. The molecule has 0 spiro atoms. The van der Waals surface area contributed by atoms with Gasteiger partial charge in [0.25, 0.3) is 11.8 Å². The van der Waals surface area contributed by atoms with Crippen molar-refractivity contribution >= 4 is 45.0 Å². The van der Waals surface area contributed by atoms with E-state index >= 15 is 0 Å². The van der Waals surface area contributed by atoms with Crippen LogP contribution in [0.25, 0.3) is 21.8 Å². The smallest absolute Gasteiger partial charge is 0.276 e. The number of hydrogen-bond donors (Lipinski definition) is 0. The molecule has 0 radical (unpaired) electrons. The van der Waals surface area contributed by atoms with Gasteiger partial charge in [-0.2, -0.15) is 0 Å². The molecule has 2 aromatic heterocycles. The number of anilines is 2. The molecule has 3 aromatic carbocycles. The molecule has 0 saturated carbocycles. The number of nitrogens with zero attached hydrogens (tertiary/aromatic N) is 4. The lowest BCUT2D eigenvalue weighted by Gasteiger charge is -2.21. The van der Waals surface area contributed by atoms with Crippen molar-refractivity contribution in [1.82, 2.24) is 9.97 Å². The summed E-state index contributed by atoms with van der Waals surface area (Å²) in [7, 11) is 0. The Kier molecular flexibility index (Phi) is 7.87. The highest BCUT2D eigenvalue weighted by molar-refractivity contribution is 6.10. The van der Waals surface area contributed by atoms with E-state index in [4.69, 9.17) is 9.97 Å². The Morgan fingerprint density at radius 1 is 0.525 bits per heavy atom. The molecule has 0 aliphatic carbocycles. The first-order chi connectivity index (χ1) is 19.5. The summed E-state index contributed by atoms with van der Waals surface area (Å²) in [5, 5.41) is 1.72. The first-order valence-electron chi connectivity index (χ1n) is 14.0. The van der Waals surface area contributed by atoms with E-state index in [0.717, 1.165) is 35.0 Å². The molecule has 0 atom stereocenters. The summed E-state index contributed by atoms with van der Waals surface area (Å²) in [6, 6.07) is 27.3. The Bertz CT molecular complexity index is 1550. The molecule has 0 N–H and O–H groups in total. The summed E-state index contributed by atoms with van der Waals surface area (Å²) in [4.78, 5) is 40.2. The number of aromatic nitrogens is 2. The molecule has 5 aromatic rings. The molecule has 0 bridgehead atoms. The molecule has 0 saturated heterocycles. The molecule has 0 aliphatic heterocycles. The van der Waals surface area contributed by atoms with Gasteiger partial charge >= 0.3 is 0 Å². The largest absolute Gasteiger partial charge is 0.307 e. The van der Waals surface area contributed by atoms with Crippen molar-refractivity contribution in [1.29, 1.82) is 0 Å². The molecule has 0 aliphatic rings. The van der Waals surface area contributed by atoms with Gasteiger partial charge in [0.2, 0.25) is 0 Å². The summed E-state index contributed by atoms with van der Waals surface area (Å²) in [5.41, 5.74) is 6.00. The number of rotatable bonds is 8. The van der Waals surface area contributed by atoms with E-state index in [1.807, 2.05) is 86.6 Å². The van der Waals surface area contributed by atoms with E-state index in [1.54, 1.807) is 21.9 Å². The summed E-state index contributed by atoms with van der Waals surface area (Å²) in [6.45, 7) is 9.16. The van der Waals surface area contributed by atoms with E-state index in [-0.39, 0.29) is 11.8 Å². The van der Waals surface area contributed by atoms with Crippen molar-refractivity contribution in [3.05, 3.63) is 107 Å². The monoisotopic (exact) mass is 530 g/mol. The molecule has 0 fully saturated rings. The second kappa shape index (κ2) is 11.7. The second-order valence-corrected chi connectivity index (χ2v) is 9.74. The van der Waals surface area contributed by atoms with Crippen molar-refractivity contribution in [2.75, 3.05) is 22.9 Å². The summed E-state index contributed by atoms with van der Waals surface area (Å²) < 4.78 is 0. The zero-order valence-corrected chi connectivity index (χ0v) is 23.5. The van der Waals surface area contributed by atoms with Crippen LogP contribution in [0.5, 0.6) is 0 Å². The topological polar surface area (TPSA) is 66.4 Å². The van der Waals surface area contributed by atoms with Crippen LogP contribution >= 0.6 is 0 Å². The minimum atomic E-state index is -0.175. The molecule has 6 heteroatoms. The highest BCUT2D eigenvalue weighted by Crippen LogP contribution is 2.26. The van der Waals surface area contributed by atoms with Gasteiger partial charge in [-0.05, 0) is 74.2 Å². The van der Waals surface area contributed by atoms with Crippen LogP contribution in [0.1, 0.15) is 59.8 Å². The van der Waals surface area contributed by atoms with Crippen molar-refractivity contribution < 1.29 is 9.59 Å². The number of carbonyl (C=O) groups excluding carboxylic acids is 2. The summed E-state index contributed by atoms with van der Waals surface area (Å²) in [5.74, 6) is -0.351. The van der Waals surface area contributed by atoms with E-state index in [1.165, 1.54) is 11.1 Å². The van der Waals surface area contributed by atoms with Crippen LogP contribution < -0.4 is 9.80 Å². The van der Waals surface area contributed by atoms with E-state index < -0.39 is 0 Å². The zero-order valence-electron chi connectivity index (χ0n) is 23.5. The summed E-state index contributed by atoms with van der Waals surface area (Å²) in [6.07, 6.45) is 1.89. The lowest BCUT2D eigenvalue weighted by Crippen LogP contribution is -2.31.